The van der Waals surface area contributed by atoms with E-state index in [0.29, 0.717) is 17.9 Å². The lowest BCUT2D eigenvalue weighted by atomic mass is 10.0. The number of fused-ring (bicyclic) bond motifs is 1. The lowest BCUT2D eigenvalue weighted by Crippen LogP contribution is -2.23. The van der Waals surface area contributed by atoms with Gasteiger partial charge in [0.2, 0.25) is 0 Å². The molecule has 1 amide bonds. The van der Waals surface area contributed by atoms with Gasteiger partial charge in [0.05, 0.1) is 5.52 Å². The number of nitrogens with one attached hydrogen (secondary N) is 2. The summed E-state index contributed by atoms with van der Waals surface area (Å²) in [6.45, 7) is 6.81. The molecule has 3 aromatic heterocycles. The topological polar surface area (TPSA) is 88.5 Å². The highest BCUT2D eigenvalue weighted by atomic mass is 16.1. The van der Waals surface area contributed by atoms with Crippen molar-refractivity contribution in [1.82, 2.24) is 30.0 Å². The van der Waals surface area contributed by atoms with E-state index < -0.39 is 0 Å². The van der Waals surface area contributed by atoms with Gasteiger partial charge >= 0.3 is 0 Å². The summed E-state index contributed by atoms with van der Waals surface area (Å²) < 4.78 is 1.66. The van der Waals surface area contributed by atoms with Crippen molar-refractivity contribution in [2.75, 3.05) is 0 Å². The average molecular weight is 374 g/mol. The van der Waals surface area contributed by atoms with E-state index in [1.54, 1.807) is 35.6 Å². The van der Waals surface area contributed by atoms with Crippen LogP contribution in [0, 0.1) is 13.8 Å². The summed E-state index contributed by atoms with van der Waals surface area (Å²) in [4.78, 5) is 20.5. The number of H-pyrrole nitrogens is 1. The van der Waals surface area contributed by atoms with Gasteiger partial charge in [0.25, 0.3) is 5.91 Å². The molecule has 0 saturated heterocycles. The summed E-state index contributed by atoms with van der Waals surface area (Å²) in [6, 6.07) is 7.73. The Morgan fingerprint density at radius 3 is 2.71 bits per heavy atom. The first kappa shape index (κ1) is 17.9. The van der Waals surface area contributed by atoms with Crippen LogP contribution < -0.4 is 5.32 Å². The number of benzene rings is 1. The number of aromatic nitrogens is 5. The van der Waals surface area contributed by atoms with Crippen LogP contribution in [0.1, 0.15) is 39.7 Å². The van der Waals surface area contributed by atoms with Gasteiger partial charge in [0.1, 0.15) is 18.5 Å². The second kappa shape index (κ2) is 7.26. The largest absolute Gasteiger partial charge is 0.358 e. The molecule has 28 heavy (non-hydrogen) atoms. The predicted molar refractivity (Wildman–Crippen MR) is 107 cm³/mol. The third-order valence-electron chi connectivity index (χ3n) is 4.98. The second-order valence-corrected chi connectivity index (χ2v) is 6.88. The molecule has 0 unspecified atom stereocenters. The first-order valence-corrected chi connectivity index (χ1v) is 9.26. The molecule has 0 saturated carbocycles. The Hall–Kier alpha value is -3.48. The van der Waals surface area contributed by atoms with Crippen molar-refractivity contribution in [2.24, 2.45) is 0 Å². The van der Waals surface area contributed by atoms with E-state index in [1.165, 1.54) is 22.2 Å². The number of pyridine rings is 1. The molecule has 0 radical (unpaired) electrons. The van der Waals surface area contributed by atoms with E-state index >= 15 is 0 Å². The van der Waals surface area contributed by atoms with E-state index in [-0.39, 0.29) is 5.91 Å². The molecule has 7 nitrogen and oxygen atoms in total. The van der Waals surface area contributed by atoms with Gasteiger partial charge in [-0.1, -0.05) is 18.6 Å². The first-order valence-electron chi connectivity index (χ1n) is 9.26. The Morgan fingerprint density at radius 2 is 1.96 bits per heavy atom. The molecule has 142 valence electrons. The fourth-order valence-electron chi connectivity index (χ4n) is 3.50. The maximum atomic E-state index is 12.7. The van der Waals surface area contributed by atoms with E-state index in [9.17, 15) is 4.79 Å². The Balaban J connectivity index is 1.58. The van der Waals surface area contributed by atoms with Crippen LogP contribution in [-0.4, -0.2) is 30.6 Å². The maximum absolute atomic E-state index is 12.7. The standard InChI is InChI=1S/C21H22N6O/c1-4-18-14(3)17-8-13(2)7-16(20(17)26-18)10-23-21(28)15-5-6-22-19(9-15)27-11-24-25-12-27/h5-9,11-12,26H,4,10H2,1-3H3,(H,23,28). The van der Waals surface area contributed by atoms with Gasteiger partial charge in [-0.05, 0) is 49.6 Å². The van der Waals surface area contributed by atoms with Gasteiger partial charge in [-0.3, -0.25) is 9.36 Å². The van der Waals surface area contributed by atoms with Crippen LogP contribution in [0.25, 0.3) is 16.7 Å². The second-order valence-electron chi connectivity index (χ2n) is 6.88. The third kappa shape index (κ3) is 3.26. The number of amides is 1. The van der Waals surface area contributed by atoms with E-state index in [4.69, 9.17) is 0 Å². The zero-order valence-electron chi connectivity index (χ0n) is 16.2. The Kier molecular flexibility index (Phi) is 4.65. The molecule has 4 aromatic rings. The Labute approximate surface area is 162 Å². The molecule has 0 atom stereocenters. The van der Waals surface area contributed by atoms with Crippen LogP contribution >= 0.6 is 0 Å². The van der Waals surface area contributed by atoms with Crippen molar-refractivity contribution in [3.05, 3.63) is 71.1 Å². The van der Waals surface area contributed by atoms with Crippen LogP contribution in [0.5, 0.6) is 0 Å². The van der Waals surface area contributed by atoms with Gasteiger partial charge in [-0.15, -0.1) is 10.2 Å². The Morgan fingerprint density at radius 1 is 1.18 bits per heavy atom. The normalized spacial score (nSPS) is 11.1. The number of hydrogen-bond acceptors (Lipinski definition) is 4. The van der Waals surface area contributed by atoms with Gasteiger partial charge in [-0.25, -0.2) is 4.98 Å². The van der Waals surface area contributed by atoms with E-state index in [2.05, 4.69) is 58.4 Å². The molecule has 0 aliphatic rings. The molecule has 0 fully saturated rings. The number of aryl methyl sites for hydroxylation is 3. The van der Waals surface area contributed by atoms with Crippen molar-refractivity contribution < 1.29 is 4.79 Å². The molecule has 3 heterocycles. The number of rotatable bonds is 5. The lowest BCUT2D eigenvalue weighted by Gasteiger charge is -2.09. The van der Waals surface area contributed by atoms with Crippen molar-refractivity contribution >= 4 is 16.8 Å². The molecule has 0 spiro atoms. The molecular formula is C21H22N6O. The summed E-state index contributed by atoms with van der Waals surface area (Å²) in [5.41, 5.74) is 6.42. The summed E-state index contributed by atoms with van der Waals surface area (Å²) in [7, 11) is 0. The van der Waals surface area contributed by atoms with Gasteiger partial charge in [-0.2, -0.15) is 0 Å². The van der Waals surface area contributed by atoms with Crippen LogP contribution in [0.15, 0.2) is 43.1 Å². The van der Waals surface area contributed by atoms with Gasteiger partial charge < -0.3 is 10.3 Å². The predicted octanol–water partition coefficient (Wildman–Crippen LogP) is 3.25. The summed E-state index contributed by atoms with van der Waals surface area (Å²) in [6.07, 6.45) is 5.66. The van der Waals surface area contributed by atoms with Gasteiger partial charge in [0, 0.05) is 29.4 Å². The zero-order valence-corrected chi connectivity index (χ0v) is 16.2. The smallest absolute Gasteiger partial charge is 0.251 e. The minimum absolute atomic E-state index is 0.148. The van der Waals surface area contributed by atoms with Gasteiger partial charge in [0.15, 0.2) is 0 Å². The summed E-state index contributed by atoms with van der Waals surface area (Å²) in [5.74, 6) is 0.452. The molecule has 7 heteroatoms. The highest BCUT2D eigenvalue weighted by Crippen LogP contribution is 2.26. The quantitative estimate of drug-likeness (QED) is 0.561. The fraction of sp³-hybridized carbons (Fsp3) is 0.238. The molecule has 0 aliphatic carbocycles. The summed E-state index contributed by atoms with van der Waals surface area (Å²) >= 11 is 0. The van der Waals surface area contributed by atoms with Crippen LogP contribution in [0.4, 0.5) is 0 Å². The number of carbonyl (C=O) groups excluding carboxylic acids is 1. The number of carbonyl (C=O) groups is 1. The molecule has 2 N–H and O–H groups in total. The Bertz CT molecular complexity index is 1140. The minimum atomic E-state index is -0.148. The third-order valence-corrected chi connectivity index (χ3v) is 4.98. The van der Waals surface area contributed by atoms with E-state index in [0.717, 1.165) is 17.5 Å². The van der Waals surface area contributed by atoms with Crippen molar-refractivity contribution in [2.45, 2.75) is 33.7 Å². The fourth-order valence-corrected chi connectivity index (χ4v) is 3.50. The average Bonchev–Trinajstić information content (AvgIpc) is 3.35. The maximum Gasteiger partial charge on any atom is 0.251 e. The molecule has 4 rings (SSSR count). The number of nitrogens with zero attached hydrogens (tertiary/aromatic N) is 4. The van der Waals surface area contributed by atoms with Crippen LogP contribution in [-0.2, 0) is 13.0 Å². The summed E-state index contributed by atoms with van der Waals surface area (Å²) in [5, 5.41) is 11.8. The highest BCUT2D eigenvalue weighted by Gasteiger charge is 2.13. The SMILES string of the molecule is CCc1[nH]c2c(CNC(=O)c3ccnc(-n4cnnc4)c3)cc(C)cc2c1C. The number of hydrogen-bond donors (Lipinski definition) is 2. The van der Waals surface area contributed by atoms with Crippen molar-refractivity contribution in [1.29, 1.82) is 0 Å². The molecular weight excluding hydrogens is 352 g/mol. The molecule has 0 bridgehead atoms. The molecule has 1 aromatic carbocycles. The first-order chi connectivity index (χ1) is 13.6. The van der Waals surface area contributed by atoms with Crippen LogP contribution in [0.3, 0.4) is 0 Å². The zero-order chi connectivity index (χ0) is 19.7. The highest BCUT2D eigenvalue weighted by molar-refractivity contribution is 5.95. The van der Waals surface area contributed by atoms with Crippen LogP contribution in [0.2, 0.25) is 0 Å². The molecule has 0 aliphatic heterocycles. The van der Waals surface area contributed by atoms with E-state index in [1.807, 2.05) is 0 Å². The van der Waals surface area contributed by atoms with Crippen molar-refractivity contribution in [3.8, 4) is 5.82 Å². The van der Waals surface area contributed by atoms with Crippen molar-refractivity contribution in [3.63, 3.8) is 0 Å². The number of aromatic amines is 1. The minimum Gasteiger partial charge on any atom is -0.358 e. The lowest BCUT2D eigenvalue weighted by molar-refractivity contribution is 0.0951. The monoisotopic (exact) mass is 374 g/mol.